The fourth-order valence-corrected chi connectivity index (χ4v) is 2.25. The van der Waals surface area contributed by atoms with Gasteiger partial charge in [0.05, 0.1) is 6.61 Å². The van der Waals surface area contributed by atoms with Gasteiger partial charge in [0.1, 0.15) is 6.04 Å². The lowest BCUT2D eigenvalue weighted by Crippen LogP contribution is -2.37. The van der Waals surface area contributed by atoms with Crippen LogP contribution in [0.3, 0.4) is 0 Å². The Morgan fingerprint density at radius 2 is 2.06 bits per heavy atom. The Kier molecular flexibility index (Phi) is 5.65. The summed E-state index contributed by atoms with van der Waals surface area (Å²) < 4.78 is 6.00. The van der Waals surface area contributed by atoms with Crippen LogP contribution < -0.4 is 5.32 Å². The van der Waals surface area contributed by atoms with E-state index in [1.54, 1.807) is 0 Å². The van der Waals surface area contributed by atoms with Gasteiger partial charge >= 0.3 is 5.97 Å². The first kappa shape index (κ1) is 14.2. The van der Waals surface area contributed by atoms with E-state index in [-0.39, 0.29) is 18.1 Å². The Balaban J connectivity index is 2.63. The number of hydrogen-bond acceptors (Lipinski definition) is 3. The average molecular weight is 300 g/mol. The zero-order chi connectivity index (χ0) is 12.8. The molecule has 0 amide bonds. The molecule has 3 nitrogen and oxygen atoms in total. The van der Waals surface area contributed by atoms with Crippen LogP contribution in [0.2, 0.25) is 0 Å². The van der Waals surface area contributed by atoms with Gasteiger partial charge in [0.15, 0.2) is 0 Å². The summed E-state index contributed by atoms with van der Waals surface area (Å²) in [4.78, 5) is 11.5. The van der Waals surface area contributed by atoms with Gasteiger partial charge in [-0.15, -0.1) is 0 Å². The molecule has 0 spiro atoms. The first-order chi connectivity index (χ1) is 8.06. The minimum absolute atomic E-state index is 0.0879. The molecule has 0 aromatic heterocycles. The van der Waals surface area contributed by atoms with Gasteiger partial charge in [0, 0.05) is 10.5 Å². The highest BCUT2D eigenvalue weighted by Gasteiger charge is 2.17. The third-order valence-electron chi connectivity index (χ3n) is 2.51. The number of benzene rings is 1. The molecule has 1 rings (SSSR count). The van der Waals surface area contributed by atoms with E-state index in [0.717, 1.165) is 10.0 Å². The van der Waals surface area contributed by atoms with Crippen molar-refractivity contribution in [2.75, 3.05) is 6.61 Å². The number of esters is 1. The minimum atomic E-state index is -0.308. The Labute approximate surface area is 111 Å². The van der Waals surface area contributed by atoms with Crippen molar-refractivity contribution in [2.45, 2.75) is 32.9 Å². The van der Waals surface area contributed by atoms with Crippen LogP contribution in [0.5, 0.6) is 0 Å². The van der Waals surface area contributed by atoms with E-state index in [0.29, 0.717) is 6.61 Å². The van der Waals surface area contributed by atoms with Crippen molar-refractivity contribution in [1.29, 1.82) is 0 Å². The quantitative estimate of drug-likeness (QED) is 0.849. The van der Waals surface area contributed by atoms with Gasteiger partial charge in [-0.1, -0.05) is 34.1 Å². The highest BCUT2D eigenvalue weighted by atomic mass is 79.9. The molecule has 4 heteroatoms. The minimum Gasteiger partial charge on any atom is -0.465 e. The molecule has 1 aromatic carbocycles. The first-order valence-electron chi connectivity index (χ1n) is 5.73. The molecule has 0 aliphatic heterocycles. The lowest BCUT2D eigenvalue weighted by atomic mass is 10.1. The first-order valence-corrected chi connectivity index (χ1v) is 6.52. The van der Waals surface area contributed by atoms with Gasteiger partial charge in [0.25, 0.3) is 0 Å². The summed E-state index contributed by atoms with van der Waals surface area (Å²) in [7, 11) is 0. The van der Waals surface area contributed by atoms with Gasteiger partial charge in [0.2, 0.25) is 0 Å². The van der Waals surface area contributed by atoms with Crippen LogP contribution in [0, 0.1) is 0 Å². The van der Waals surface area contributed by atoms with Gasteiger partial charge in [-0.2, -0.15) is 0 Å². The molecule has 0 fully saturated rings. The molecule has 0 aliphatic rings. The molecule has 1 N–H and O–H groups in total. The summed E-state index contributed by atoms with van der Waals surface area (Å²) in [6, 6.07) is 7.74. The Morgan fingerprint density at radius 1 is 1.41 bits per heavy atom. The topological polar surface area (TPSA) is 38.3 Å². The summed E-state index contributed by atoms with van der Waals surface area (Å²) >= 11 is 3.50. The molecule has 0 saturated heterocycles. The molecule has 0 heterocycles. The van der Waals surface area contributed by atoms with Crippen LogP contribution >= 0.6 is 15.9 Å². The maximum atomic E-state index is 11.5. The van der Waals surface area contributed by atoms with Crippen molar-refractivity contribution in [3.05, 3.63) is 34.3 Å². The zero-order valence-corrected chi connectivity index (χ0v) is 12.0. The van der Waals surface area contributed by atoms with Crippen LogP contribution in [0.25, 0.3) is 0 Å². The van der Waals surface area contributed by atoms with Crippen LogP contribution in [0.4, 0.5) is 0 Å². The molecule has 0 saturated carbocycles. The average Bonchev–Trinajstić information content (AvgIpc) is 2.29. The fraction of sp³-hybridized carbons (Fsp3) is 0.462. The van der Waals surface area contributed by atoms with E-state index in [2.05, 4.69) is 21.2 Å². The Morgan fingerprint density at radius 3 is 2.65 bits per heavy atom. The smallest absolute Gasteiger partial charge is 0.322 e. The predicted molar refractivity (Wildman–Crippen MR) is 71.8 cm³/mol. The highest BCUT2D eigenvalue weighted by molar-refractivity contribution is 9.10. The van der Waals surface area contributed by atoms with E-state index in [1.807, 2.05) is 45.0 Å². The lowest BCUT2D eigenvalue weighted by Gasteiger charge is -2.20. The van der Waals surface area contributed by atoms with Crippen LogP contribution in [-0.2, 0) is 9.53 Å². The number of halogens is 1. The van der Waals surface area contributed by atoms with Crippen LogP contribution in [-0.4, -0.2) is 18.6 Å². The molecular weight excluding hydrogens is 282 g/mol. The molecule has 1 aromatic rings. The van der Waals surface area contributed by atoms with E-state index in [1.165, 1.54) is 0 Å². The van der Waals surface area contributed by atoms with Crippen molar-refractivity contribution in [2.24, 2.45) is 0 Å². The SMILES string of the molecule is CCOC(=O)C(C)N[C@@H](C)c1ccccc1Br. The molecule has 17 heavy (non-hydrogen) atoms. The predicted octanol–water partition coefficient (Wildman–Crippen LogP) is 3.05. The third-order valence-corrected chi connectivity index (χ3v) is 3.23. The summed E-state index contributed by atoms with van der Waals surface area (Å²) in [5, 5.41) is 3.22. The molecule has 1 unspecified atom stereocenters. The molecule has 0 bridgehead atoms. The largest absolute Gasteiger partial charge is 0.465 e. The van der Waals surface area contributed by atoms with Crippen LogP contribution in [0.1, 0.15) is 32.4 Å². The number of nitrogens with one attached hydrogen (secondary N) is 1. The summed E-state index contributed by atoms with van der Waals surface area (Å²) in [6.45, 7) is 6.05. The lowest BCUT2D eigenvalue weighted by molar-refractivity contribution is -0.145. The van der Waals surface area contributed by atoms with Crippen molar-refractivity contribution >= 4 is 21.9 Å². The molecule has 0 aliphatic carbocycles. The third kappa shape index (κ3) is 4.13. The summed E-state index contributed by atoms with van der Waals surface area (Å²) in [5.41, 5.74) is 1.13. The normalized spacial score (nSPS) is 14.1. The second kappa shape index (κ2) is 6.77. The van der Waals surface area contributed by atoms with Gasteiger partial charge < -0.3 is 4.74 Å². The van der Waals surface area contributed by atoms with Crippen molar-refractivity contribution < 1.29 is 9.53 Å². The zero-order valence-electron chi connectivity index (χ0n) is 10.4. The summed E-state index contributed by atoms with van der Waals surface area (Å²) in [5.74, 6) is -0.216. The Hall–Kier alpha value is -0.870. The Bertz CT molecular complexity index is 381. The molecule has 0 radical (unpaired) electrons. The maximum Gasteiger partial charge on any atom is 0.322 e. The van der Waals surface area contributed by atoms with Crippen molar-refractivity contribution in [3.8, 4) is 0 Å². The van der Waals surface area contributed by atoms with Crippen molar-refractivity contribution in [1.82, 2.24) is 5.32 Å². The van der Waals surface area contributed by atoms with E-state index in [4.69, 9.17) is 4.74 Å². The monoisotopic (exact) mass is 299 g/mol. The number of ether oxygens (including phenoxy) is 1. The maximum absolute atomic E-state index is 11.5. The van der Waals surface area contributed by atoms with E-state index in [9.17, 15) is 4.79 Å². The molecule has 94 valence electrons. The number of carbonyl (C=O) groups excluding carboxylic acids is 1. The fourth-order valence-electron chi connectivity index (χ4n) is 1.63. The number of hydrogen-bond donors (Lipinski definition) is 1. The van der Waals surface area contributed by atoms with Crippen LogP contribution in [0.15, 0.2) is 28.7 Å². The number of carbonyl (C=O) groups is 1. The second-order valence-corrected chi connectivity index (χ2v) is 4.74. The van der Waals surface area contributed by atoms with E-state index < -0.39 is 0 Å². The second-order valence-electron chi connectivity index (χ2n) is 3.88. The van der Waals surface area contributed by atoms with Crippen molar-refractivity contribution in [3.63, 3.8) is 0 Å². The summed E-state index contributed by atoms with van der Waals surface area (Å²) in [6.07, 6.45) is 0. The molecule has 2 atom stereocenters. The van der Waals surface area contributed by atoms with Gasteiger partial charge in [-0.05, 0) is 32.4 Å². The molecular formula is C13H18BrNO2. The van der Waals surface area contributed by atoms with E-state index >= 15 is 0 Å². The standard InChI is InChI=1S/C13H18BrNO2/c1-4-17-13(16)10(3)15-9(2)11-7-5-6-8-12(11)14/h5-10,15H,4H2,1-3H3/t9-,10?/m0/s1. The number of rotatable bonds is 5. The highest BCUT2D eigenvalue weighted by Crippen LogP contribution is 2.23. The van der Waals surface area contributed by atoms with Gasteiger partial charge in [-0.25, -0.2) is 0 Å². The van der Waals surface area contributed by atoms with Gasteiger partial charge in [-0.3, -0.25) is 10.1 Å².